The second-order valence-corrected chi connectivity index (χ2v) is 6.89. The van der Waals surface area contributed by atoms with Crippen molar-refractivity contribution in [1.82, 2.24) is 19.8 Å². The number of ether oxygens (including phenoxy) is 1. The Morgan fingerprint density at radius 2 is 1.89 bits per heavy atom. The fourth-order valence-electron chi connectivity index (χ4n) is 3.36. The molecule has 0 atom stereocenters. The van der Waals surface area contributed by atoms with Crippen molar-refractivity contribution in [3.8, 4) is 5.75 Å². The zero-order chi connectivity index (χ0) is 19.6. The lowest BCUT2D eigenvalue weighted by molar-refractivity contribution is -0.146. The van der Waals surface area contributed by atoms with Crippen molar-refractivity contribution in [1.29, 1.82) is 0 Å². The summed E-state index contributed by atoms with van der Waals surface area (Å²) in [4.78, 5) is 0. The number of hydrogen-bond acceptors (Lipinski definition) is 5. The predicted molar refractivity (Wildman–Crippen MR) is 97.1 cm³/mol. The summed E-state index contributed by atoms with van der Waals surface area (Å²) in [6.07, 6.45) is 1.46. The standard InChI is InChI=1S/C19H20F3N5O/c20-19(21,22)18-25-24-17-10-9-16(26-27(17)18)23-12-13-5-4-8-15(11-13)28-14-6-2-1-3-7-14/h4-5,8-11,14H,1-3,6-7,12H2,(H,23,26). The zero-order valence-electron chi connectivity index (χ0n) is 15.1. The van der Waals surface area contributed by atoms with Gasteiger partial charge < -0.3 is 10.1 Å². The van der Waals surface area contributed by atoms with E-state index in [2.05, 4.69) is 20.6 Å². The third-order valence-electron chi connectivity index (χ3n) is 4.74. The number of alkyl halides is 3. The summed E-state index contributed by atoms with van der Waals surface area (Å²) in [5, 5.41) is 13.7. The number of fused-ring (bicyclic) bond motifs is 1. The van der Waals surface area contributed by atoms with Crippen molar-refractivity contribution < 1.29 is 17.9 Å². The molecule has 0 aliphatic heterocycles. The third kappa shape index (κ3) is 4.18. The van der Waals surface area contributed by atoms with Crippen molar-refractivity contribution in [3.63, 3.8) is 0 Å². The van der Waals surface area contributed by atoms with E-state index in [0.29, 0.717) is 16.9 Å². The summed E-state index contributed by atoms with van der Waals surface area (Å²) < 4.78 is 45.7. The minimum absolute atomic E-state index is 0.0424. The number of hydrogen-bond donors (Lipinski definition) is 1. The average Bonchev–Trinajstić information content (AvgIpc) is 3.11. The van der Waals surface area contributed by atoms with E-state index in [1.54, 1.807) is 6.07 Å². The van der Waals surface area contributed by atoms with Gasteiger partial charge in [0.25, 0.3) is 5.82 Å². The lowest BCUT2D eigenvalue weighted by atomic mass is 9.98. The second-order valence-electron chi connectivity index (χ2n) is 6.89. The number of benzene rings is 1. The summed E-state index contributed by atoms with van der Waals surface area (Å²) in [5.74, 6) is -0.0294. The highest BCUT2D eigenvalue weighted by atomic mass is 19.4. The molecule has 0 radical (unpaired) electrons. The van der Waals surface area contributed by atoms with Gasteiger partial charge in [0.2, 0.25) is 0 Å². The molecule has 0 unspecified atom stereocenters. The lowest BCUT2D eigenvalue weighted by Gasteiger charge is -2.23. The van der Waals surface area contributed by atoms with Crippen LogP contribution in [0, 0.1) is 0 Å². The Balaban J connectivity index is 1.44. The van der Waals surface area contributed by atoms with Crippen molar-refractivity contribution in [2.45, 2.75) is 50.9 Å². The van der Waals surface area contributed by atoms with E-state index in [9.17, 15) is 13.2 Å². The first-order chi connectivity index (χ1) is 13.5. The first-order valence-electron chi connectivity index (χ1n) is 9.28. The number of nitrogens with zero attached hydrogens (tertiary/aromatic N) is 4. The van der Waals surface area contributed by atoms with E-state index in [-0.39, 0.29) is 11.8 Å². The molecule has 1 aliphatic carbocycles. The fourth-order valence-corrected chi connectivity index (χ4v) is 3.36. The van der Waals surface area contributed by atoms with Gasteiger partial charge in [-0.25, -0.2) is 0 Å². The van der Waals surface area contributed by atoms with Gasteiger partial charge >= 0.3 is 6.18 Å². The summed E-state index contributed by atoms with van der Waals surface area (Å²) in [5.41, 5.74) is 0.996. The topological polar surface area (TPSA) is 64.3 Å². The SMILES string of the molecule is FC(F)(F)c1nnc2ccc(NCc3cccc(OC4CCCCC4)c3)nn12. The van der Waals surface area contributed by atoms with Crippen LogP contribution < -0.4 is 10.1 Å². The van der Waals surface area contributed by atoms with E-state index in [1.807, 2.05) is 24.3 Å². The number of aromatic nitrogens is 4. The first-order valence-corrected chi connectivity index (χ1v) is 9.28. The minimum Gasteiger partial charge on any atom is -0.490 e. The molecular weight excluding hydrogens is 371 g/mol. The van der Waals surface area contributed by atoms with Gasteiger partial charge in [0.05, 0.1) is 6.10 Å². The molecule has 3 aromatic rings. The van der Waals surface area contributed by atoms with Gasteiger partial charge in [0.1, 0.15) is 11.6 Å². The molecule has 1 fully saturated rings. The normalized spacial score (nSPS) is 15.7. The van der Waals surface area contributed by atoms with Crippen molar-refractivity contribution in [2.75, 3.05) is 5.32 Å². The molecule has 1 N–H and O–H groups in total. The molecule has 0 bridgehead atoms. The van der Waals surface area contributed by atoms with Crippen LogP contribution in [0.5, 0.6) is 5.75 Å². The van der Waals surface area contributed by atoms with Crippen LogP contribution in [0.1, 0.15) is 43.5 Å². The van der Waals surface area contributed by atoms with E-state index < -0.39 is 12.0 Å². The van der Waals surface area contributed by atoms with Gasteiger partial charge in [-0.15, -0.1) is 15.3 Å². The van der Waals surface area contributed by atoms with Crippen LogP contribution in [0.25, 0.3) is 5.65 Å². The molecule has 6 nitrogen and oxygen atoms in total. The first kappa shape index (κ1) is 18.5. The van der Waals surface area contributed by atoms with Gasteiger partial charge in [-0.1, -0.05) is 18.6 Å². The molecule has 2 aromatic heterocycles. The maximum Gasteiger partial charge on any atom is 0.453 e. The van der Waals surface area contributed by atoms with Gasteiger partial charge in [-0.05, 0) is 55.5 Å². The molecule has 0 spiro atoms. The van der Waals surface area contributed by atoms with E-state index >= 15 is 0 Å². The van der Waals surface area contributed by atoms with Gasteiger partial charge in [-0.2, -0.15) is 17.7 Å². The van der Waals surface area contributed by atoms with Crippen molar-refractivity contribution in [2.24, 2.45) is 0 Å². The summed E-state index contributed by atoms with van der Waals surface area (Å²) in [7, 11) is 0. The smallest absolute Gasteiger partial charge is 0.453 e. The number of anilines is 1. The zero-order valence-corrected chi connectivity index (χ0v) is 15.1. The molecule has 1 aliphatic rings. The molecule has 9 heteroatoms. The fraction of sp³-hybridized carbons (Fsp3) is 0.421. The largest absolute Gasteiger partial charge is 0.490 e. The summed E-state index contributed by atoms with van der Waals surface area (Å²) >= 11 is 0. The summed E-state index contributed by atoms with van der Waals surface area (Å²) in [6, 6.07) is 10.7. The Hall–Kier alpha value is -2.84. The van der Waals surface area contributed by atoms with Crippen LogP contribution in [-0.4, -0.2) is 25.9 Å². The number of nitrogens with one attached hydrogen (secondary N) is 1. The summed E-state index contributed by atoms with van der Waals surface area (Å²) in [6.45, 7) is 0.407. The van der Waals surface area contributed by atoms with Gasteiger partial charge in [0, 0.05) is 6.54 Å². The molecular formula is C19H20F3N5O. The second kappa shape index (κ2) is 7.65. The highest BCUT2D eigenvalue weighted by Crippen LogP contribution is 2.28. The highest BCUT2D eigenvalue weighted by molar-refractivity contribution is 5.44. The monoisotopic (exact) mass is 391 g/mol. The molecule has 1 aromatic carbocycles. The van der Waals surface area contributed by atoms with Crippen LogP contribution in [-0.2, 0) is 12.7 Å². The quantitative estimate of drug-likeness (QED) is 0.695. The molecule has 4 rings (SSSR count). The molecule has 1 saturated carbocycles. The predicted octanol–water partition coefficient (Wildman–Crippen LogP) is 4.47. The van der Waals surface area contributed by atoms with E-state index in [4.69, 9.17) is 4.74 Å². The lowest BCUT2D eigenvalue weighted by Crippen LogP contribution is -2.19. The van der Waals surface area contributed by atoms with E-state index in [0.717, 1.165) is 24.2 Å². The Morgan fingerprint density at radius 1 is 1.07 bits per heavy atom. The van der Waals surface area contributed by atoms with Crippen LogP contribution in [0.4, 0.5) is 19.0 Å². The maximum atomic E-state index is 13.0. The number of halogens is 3. The Labute approximate surface area is 159 Å². The molecule has 2 heterocycles. The average molecular weight is 391 g/mol. The van der Waals surface area contributed by atoms with Crippen LogP contribution in [0.2, 0.25) is 0 Å². The van der Waals surface area contributed by atoms with Crippen LogP contribution in [0.15, 0.2) is 36.4 Å². The Kier molecular flexibility index (Phi) is 5.06. The minimum atomic E-state index is -4.62. The Bertz CT molecular complexity index is 950. The third-order valence-corrected chi connectivity index (χ3v) is 4.74. The molecule has 0 saturated heterocycles. The van der Waals surface area contributed by atoms with E-state index in [1.165, 1.54) is 25.3 Å². The molecule has 28 heavy (non-hydrogen) atoms. The van der Waals surface area contributed by atoms with Gasteiger partial charge in [-0.3, -0.25) is 0 Å². The number of rotatable bonds is 5. The van der Waals surface area contributed by atoms with Crippen molar-refractivity contribution >= 4 is 11.5 Å². The van der Waals surface area contributed by atoms with Gasteiger partial charge in [0.15, 0.2) is 5.65 Å². The van der Waals surface area contributed by atoms with Crippen molar-refractivity contribution in [3.05, 3.63) is 47.8 Å². The Morgan fingerprint density at radius 3 is 2.68 bits per heavy atom. The van der Waals surface area contributed by atoms with Crippen LogP contribution >= 0.6 is 0 Å². The molecule has 0 amide bonds. The van der Waals surface area contributed by atoms with Crippen LogP contribution in [0.3, 0.4) is 0 Å². The molecule has 148 valence electrons. The maximum absolute atomic E-state index is 13.0. The highest BCUT2D eigenvalue weighted by Gasteiger charge is 2.37.